The lowest BCUT2D eigenvalue weighted by atomic mass is 10.2. The molecule has 2 rings (SSSR count). The van der Waals surface area contributed by atoms with E-state index in [9.17, 15) is 0 Å². The molecule has 0 radical (unpaired) electrons. The Morgan fingerprint density at radius 1 is 0.929 bits per heavy atom. The summed E-state index contributed by atoms with van der Waals surface area (Å²) in [6.07, 6.45) is 3.82. The van der Waals surface area contributed by atoms with Crippen LogP contribution >= 0.6 is 0 Å². The highest BCUT2D eigenvalue weighted by Gasteiger charge is 2.06. The lowest BCUT2D eigenvalue weighted by Gasteiger charge is -2.21. The van der Waals surface area contributed by atoms with Gasteiger partial charge in [0.05, 0.1) is 5.69 Å². The van der Waals surface area contributed by atoms with Crippen LogP contribution in [0, 0.1) is 0 Å². The van der Waals surface area contributed by atoms with E-state index in [0.717, 1.165) is 18.8 Å². The molecule has 1 aliphatic heterocycles. The molecule has 0 aliphatic carbocycles. The van der Waals surface area contributed by atoms with E-state index in [0.29, 0.717) is 0 Å². The molecule has 0 unspecified atom stereocenters. The average molecular weight is 189 g/mol. The molecule has 0 N–H and O–H groups in total. The van der Waals surface area contributed by atoms with Crippen molar-refractivity contribution in [3.8, 4) is 0 Å². The lowest BCUT2D eigenvalue weighted by Crippen LogP contribution is -2.23. The van der Waals surface area contributed by atoms with Gasteiger partial charge >= 0.3 is 0 Å². The highest BCUT2D eigenvalue weighted by atomic mass is 15.5. The molecule has 0 amide bonds. The van der Waals surface area contributed by atoms with E-state index >= 15 is 0 Å². The molecule has 0 aromatic heterocycles. The number of rotatable bonds is 2. The third kappa shape index (κ3) is 2.55. The maximum Gasteiger partial charge on any atom is 0.0874 e. The van der Waals surface area contributed by atoms with Gasteiger partial charge in [-0.15, -0.1) is 5.11 Å². The Balaban J connectivity index is 1.93. The first kappa shape index (κ1) is 9.19. The zero-order chi connectivity index (χ0) is 9.64. The van der Waals surface area contributed by atoms with E-state index in [1.807, 2.05) is 30.3 Å². The van der Waals surface area contributed by atoms with Crippen LogP contribution in [-0.2, 0) is 0 Å². The van der Waals surface area contributed by atoms with Crippen molar-refractivity contribution in [2.45, 2.75) is 19.3 Å². The molecule has 3 nitrogen and oxygen atoms in total. The second-order valence-corrected chi connectivity index (χ2v) is 3.54. The summed E-state index contributed by atoms with van der Waals surface area (Å²) in [6, 6.07) is 9.87. The maximum absolute atomic E-state index is 4.21. The number of piperidine rings is 1. The predicted octanol–water partition coefficient (Wildman–Crippen LogP) is 3.17. The third-order valence-corrected chi connectivity index (χ3v) is 2.38. The van der Waals surface area contributed by atoms with Crippen molar-refractivity contribution in [1.82, 2.24) is 5.01 Å². The number of nitrogens with zero attached hydrogens (tertiary/aromatic N) is 3. The minimum atomic E-state index is 0.929. The summed E-state index contributed by atoms with van der Waals surface area (Å²) in [5.41, 5.74) is 0.929. The summed E-state index contributed by atoms with van der Waals surface area (Å²) in [4.78, 5) is 0. The Bertz CT molecular complexity index is 289. The molecule has 1 aliphatic rings. The second kappa shape index (κ2) is 4.74. The van der Waals surface area contributed by atoms with Gasteiger partial charge in [0.1, 0.15) is 0 Å². The van der Waals surface area contributed by atoms with Gasteiger partial charge in [-0.3, -0.25) is 5.01 Å². The van der Waals surface area contributed by atoms with Crippen molar-refractivity contribution >= 4 is 5.69 Å². The zero-order valence-corrected chi connectivity index (χ0v) is 8.26. The van der Waals surface area contributed by atoms with Crippen LogP contribution in [-0.4, -0.2) is 18.1 Å². The Morgan fingerprint density at radius 2 is 1.64 bits per heavy atom. The zero-order valence-electron chi connectivity index (χ0n) is 8.26. The van der Waals surface area contributed by atoms with Crippen molar-refractivity contribution in [1.29, 1.82) is 0 Å². The maximum atomic E-state index is 4.21. The van der Waals surface area contributed by atoms with Crippen LogP contribution in [0.1, 0.15) is 19.3 Å². The van der Waals surface area contributed by atoms with E-state index in [1.54, 1.807) is 0 Å². The van der Waals surface area contributed by atoms with Crippen molar-refractivity contribution in [2.75, 3.05) is 13.1 Å². The Hall–Kier alpha value is -1.38. The number of hydrogen-bond donors (Lipinski definition) is 0. The van der Waals surface area contributed by atoms with E-state index in [4.69, 9.17) is 0 Å². The van der Waals surface area contributed by atoms with Gasteiger partial charge in [-0.25, -0.2) is 0 Å². The molecular formula is C11H15N3. The van der Waals surface area contributed by atoms with Gasteiger partial charge in [0.15, 0.2) is 0 Å². The topological polar surface area (TPSA) is 28.0 Å². The van der Waals surface area contributed by atoms with Gasteiger partial charge in [-0.1, -0.05) is 23.4 Å². The fourth-order valence-corrected chi connectivity index (χ4v) is 1.58. The van der Waals surface area contributed by atoms with Crippen LogP contribution < -0.4 is 0 Å². The molecule has 14 heavy (non-hydrogen) atoms. The lowest BCUT2D eigenvalue weighted by molar-refractivity contribution is 0.224. The van der Waals surface area contributed by atoms with Crippen molar-refractivity contribution in [2.24, 2.45) is 10.3 Å². The van der Waals surface area contributed by atoms with E-state index in [-0.39, 0.29) is 0 Å². The molecule has 74 valence electrons. The van der Waals surface area contributed by atoms with Gasteiger partial charge in [-0.2, -0.15) is 0 Å². The average Bonchev–Trinajstić information content (AvgIpc) is 2.29. The Morgan fingerprint density at radius 3 is 2.36 bits per heavy atom. The SMILES string of the molecule is c1ccc(/N=N/N2CCCCC2)cc1. The van der Waals surface area contributed by atoms with Gasteiger partial charge in [-0.05, 0) is 31.4 Å². The van der Waals surface area contributed by atoms with Gasteiger partial charge in [0.2, 0.25) is 0 Å². The molecule has 1 heterocycles. The van der Waals surface area contributed by atoms with E-state index < -0.39 is 0 Å². The summed E-state index contributed by atoms with van der Waals surface area (Å²) in [7, 11) is 0. The van der Waals surface area contributed by atoms with Gasteiger partial charge in [0, 0.05) is 13.1 Å². The molecule has 1 aromatic rings. The molecular weight excluding hydrogens is 174 g/mol. The minimum absolute atomic E-state index is 0.929. The highest BCUT2D eigenvalue weighted by molar-refractivity contribution is 5.34. The molecule has 1 fully saturated rings. The van der Waals surface area contributed by atoms with Crippen molar-refractivity contribution in [3.63, 3.8) is 0 Å². The largest absolute Gasteiger partial charge is 0.278 e. The molecule has 0 atom stereocenters. The van der Waals surface area contributed by atoms with Crippen LogP contribution in [0.5, 0.6) is 0 Å². The highest BCUT2D eigenvalue weighted by Crippen LogP contribution is 2.13. The smallest absolute Gasteiger partial charge is 0.0874 e. The van der Waals surface area contributed by atoms with Crippen molar-refractivity contribution in [3.05, 3.63) is 30.3 Å². The minimum Gasteiger partial charge on any atom is -0.278 e. The molecule has 0 bridgehead atoms. The van der Waals surface area contributed by atoms with Crippen LogP contribution in [0.3, 0.4) is 0 Å². The van der Waals surface area contributed by atoms with Crippen LogP contribution in [0.4, 0.5) is 5.69 Å². The van der Waals surface area contributed by atoms with Crippen LogP contribution in [0.2, 0.25) is 0 Å². The monoisotopic (exact) mass is 189 g/mol. The van der Waals surface area contributed by atoms with Crippen molar-refractivity contribution < 1.29 is 0 Å². The summed E-state index contributed by atoms with van der Waals surface area (Å²) in [6.45, 7) is 2.10. The van der Waals surface area contributed by atoms with Gasteiger partial charge < -0.3 is 0 Å². The molecule has 1 saturated heterocycles. The summed E-state index contributed by atoms with van der Waals surface area (Å²) < 4.78 is 0. The quantitative estimate of drug-likeness (QED) is 0.657. The second-order valence-electron chi connectivity index (χ2n) is 3.54. The fraction of sp³-hybridized carbons (Fsp3) is 0.455. The molecule has 1 aromatic carbocycles. The van der Waals surface area contributed by atoms with Gasteiger partial charge in [0.25, 0.3) is 0 Å². The summed E-state index contributed by atoms with van der Waals surface area (Å²) in [5.74, 6) is 0. The van der Waals surface area contributed by atoms with Crippen LogP contribution in [0.25, 0.3) is 0 Å². The van der Waals surface area contributed by atoms with E-state index in [2.05, 4.69) is 15.3 Å². The first-order valence-corrected chi connectivity index (χ1v) is 5.17. The first-order chi connectivity index (χ1) is 6.95. The predicted molar refractivity (Wildman–Crippen MR) is 56.4 cm³/mol. The number of hydrogen-bond acceptors (Lipinski definition) is 2. The summed E-state index contributed by atoms with van der Waals surface area (Å²) in [5, 5.41) is 10.4. The molecule has 0 saturated carbocycles. The fourth-order valence-electron chi connectivity index (χ4n) is 1.58. The first-order valence-electron chi connectivity index (χ1n) is 5.17. The normalized spacial score (nSPS) is 17.6. The Labute approximate surface area is 84.4 Å². The standard InChI is InChI=1S/C11H15N3/c1-3-7-11(8-4-1)12-13-14-9-5-2-6-10-14/h1,3-4,7-8H,2,5-6,9-10H2/b13-12+. The van der Waals surface area contributed by atoms with Crippen LogP contribution in [0.15, 0.2) is 40.7 Å². The summed E-state index contributed by atoms with van der Waals surface area (Å²) >= 11 is 0. The third-order valence-electron chi connectivity index (χ3n) is 2.38. The Kier molecular flexibility index (Phi) is 3.11. The molecule has 0 spiro atoms. The number of benzene rings is 1. The van der Waals surface area contributed by atoms with E-state index in [1.165, 1.54) is 19.3 Å². The molecule has 3 heteroatoms.